The third kappa shape index (κ3) is 4.97. The molecule has 2 rings (SSSR count). The van der Waals surface area contributed by atoms with Gasteiger partial charge in [0.05, 0.1) is 6.61 Å². The molecule has 0 saturated heterocycles. The summed E-state index contributed by atoms with van der Waals surface area (Å²) < 4.78 is 12.4. The van der Waals surface area contributed by atoms with Gasteiger partial charge in [-0.25, -0.2) is 0 Å². The zero-order chi connectivity index (χ0) is 15.1. The van der Waals surface area contributed by atoms with Gasteiger partial charge in [-0.2, -0.15) is 0 Å². The Morgan fingerprint density at radius 1 is 1.05 bits per heavy atom. The average Bonchev–Trinajstić information content (AvgIpc) is 2.44. The molecule has 4 heteroatoms. The highest BCUT2D eigenvalue weighted by molar-refractivity contribution is 9.10. The lowest BCUT2D eigenvalue weighted by atomic mass is 10.2. The van der Waals surface area contributed by atoms with Gasteiger partial charge in [0.1, 0.15) is 6.61 Å². The van der Waals surface area contributed by atoms with Crippen LogP contribution in [0.15, 0.2) is 46.9 Å². The van der Waals surface area contributed by atoms with Gasteiger partial charge in [-0.05, 0) is 49.7 Å². The molecule has 112 valence electrons. The van der Waals surface area contributed by atoms with Gasteiger partial charge in [-0.15, -0.1) is 0 Å². The van der Waals surface area contributed by atoms with E-state index in [9.17, 15) is 0 Å². The lowest BCUT2D eigenvalue weighted by Gasteiger charge is -2.12. The summed E-state index contributed by atoms with van der Waals surface area (Å²) in [5.41, 5.74) is 2.30. The van der Waals surface area contributed by atoms with Gasteiger partial charge >= 0.3 is 0 Å². The Morgan fingerprint density at radius 3 is 2.43 bits per heavy atom. The van der Waals surface area contributed by atoms with Crippen LogP contribution in [0.5, 0.6) is 11.5 Å². The fraction of sp³-hybridized carbons (Fsp3) is 0.294. The molecule has 0 aromatic heterocycles. The van der Waals surface area contributed by atoms with Gasteiger partial charge in [0, 0.05) is 16.7 Å². The molecule has 0 amide bonds. The van der Waals surface area contributed by atoms with Crippen LogP contribution >= 0.6 is 15.9 Å². The first kappa shape index (κ1) is 15.7. The number of aryl methyl sites for hydroxylation is 1. The van der Waals surface area contributed by atoms with E-state index < -0.39 is 0 Å². The zero-order valence-corrected chi connectivity index (χ0v) is 13.9. The van der Waals surface area contributed by atoms with Gasteiger partial charge in [-0.3, -0.25) is 0 Å². The maximum Gasteiger partial charge on any atom is 0.161 e. The fourth-order valence-corrected chi connectivity index (χ4v) is 2.65. The number of benzene rings is 2. The van der Waals surface area contributed by atoms with Crippen LogP contribution in [0.4, 0.5) is 5.69 Å². The molecule has 0 spiro atoms. The lowest BCUT2D eigenvalue weighted by molar-refractivity contribution is 0.284. The van der Waals surface area contributed by atoms with Crippen molar-refractivity contribution < 1.29 is 9.47 Å². The first-order valence-corrected chi connectivity index (χ1v) is 7.84. The van der Waals surface area contributed by atoms with Crippen LogP contribution in [0, 0.1) is 6.92 Å². The smallest absolute Gasteiger partial charge is 0.161 e. The predicted molar refractivity (Wildman–Crippen MR) is 90.5 cm³/mol. The predicted octanol–water partition coefficient (Wildman–Crippen LogP) is 4.65. The van der Waals surface area contributed by atoms with E-state index >= 15 is 0 Å². The summed E-state index contributed by atoms with van der Waals surface area (Å²) in [6, 6.07) is 14.0. The molecule has 0 bridgehead atoms. The molecule has 3 nitrogen and oxygen atoms in total. The van der Waals surface area contributed by atoms with Crippen LogP contribution in [0.3, 0.4) is 0 Å². The molecular weight excluding hydrogens is 330 g/mol. The standard InChI is InChI=1S/C17H20BrNO2/c1-3-20-16-6-4-5-7-17(16)21-9-8-19-15-11-13(2)10-14(18)12-15/h4-7,10-12,19H,3,8-9H2,1-2H3. The number of para-hydroxylation sites is 2. The van der Waals surface area contributed by atoms with Gasteiger partial charge in [0.2, 0.25) is 0 Å². The first-order chi connectivity index (χ1) is 10.2. The number of nitrogens with one attached hydrogen (secondary N) is 1. The lowest BCUT2D eigenvalue weighted by Crippen LogP contribution is -2.12. The minimum atomic E-state index is 0.579. The van der Waals surface area contributed by atoms with Crippen molar-refractivity contribution in [2.45, 2.75) is 13.8 Å². The number of hydrogen-bond donors (Lipinski definition) is 1. The van der Waals surface area contributed by atoms with E-state index in [-0.39, 0.29) is 0 Å². The Balaban J connectivity index is 1.84. The van der Waals surface area contributed by atoms with Gasteiger partial charge in [0.25, 0.3) is 0 Å². The summed E-state index contributed by atoms with van der Waals surface area (Å²) >= 11 is 3.50. The Hall–Kier alpha value is -1.68. The van der Waals surface area contributed by atoms with E-state index in [1.54, 1.807) is 0 Å². The number of anilines is 1. The molecule has 0 fully saturated rings. The van der Waals surface area contributed by atoms with Crippen molar-refractivity contribution in [2.75, 3.05) is 25.1 Å². The van der Waals surface area contributed by atoms with Crippen molar-refractivity contribution >= 4 is 21.6 Å². The van der Waals surface area contributed by atoms with Crippen molar-refractivity contribution in [3.63, 3.8) is 0 Å². The van der Waals surface area contributed by atoms with Crippen LogP contribution in [0.25, 0.3) is 0 Å². The molecule has 0 aliphatic carbocycles. The summed E-state index contributed by atoms with van der Waals surface area (Å²) in [5.74, 6) is 1.57. The maximum atomic E-state index is 5.77. The molecule has 0 saturated carbocycles. The summed E-state index contributed by atoms with van der Waals surface area (Å²) in [4.78, 5) is 0. The van der Waals surface area contributed by atoms with Crippen molar-refractivity contribution in [2.24, 2.45) is 0 Å². The summed E-state index contributed by atoms with van der Waals surface area (Å²) in [6.45, 7) is 5.99. The molecule has 2 aromatic rings. The second-order valence-electron chi connectivity index (χ2n) is 4.67. The minimum Gasteiger partial charge on any atom is -0.490 e. The quantitative estimate of drug-likeness (QED) is 0.738. The van der Waals surface area contributed by atoms with Crippen LogP contribution < -0.4 is 14.8 Å². The highest BCUT2D eigenvalue weighted by Gasteiger charge is 2.03. The van der Waals surface area contributed by atoms with Gasteiger partial charge in [0.15, 0.2) is 11.5 Å². The van der Waals surface area contributed by atoms with Crippen molar-refractivity contribution in [1.29, 1.82) is 0 Å². The zero-order valence-electron chi connectivity index (χ0n) is 12.4. The molecular formula is C17H20BrNO2. The number of ether oxygens (including phenoxy) is 2. The molecule has 21 heavy (non-hydrogen) atoms. The monoisotopic (exact) mass is 349 g/mol. The first-order valence-electron chi connectivity index (χ1n) is 7.04. The highest BCUT2D eigenvalue weighted by Crippen LogP contribution is 2.26. The maximum absolute atomic E-state index is 5.77. The molecule has 2 aromatic carbocycles. The summed E-state index contributed by atoms with van der Waals surface area (Å²) in [6.07, 6.45) is 0. The van der Waals surface area contributed by atoms with Crippen LogP contribution in [-0.2, 0) is 0 Å². The SMILES string of the molecule is CCOc1ccccc1OCCNc1cc(C)cc(Br)c1. The minimum absolute atomic E-state index is 0.579. The third-order valence-corrected chi connectivity index (χ3v) is 3.34. The average molecular weight is 350 g/mol. The van der Waals surface area contributed by atoms with Crippen molar-refractivity contribution in [1.82, 2.24) is 0 Å². The summed E-state index contributed by atoms with van der Waals surface area (Å²) in [5, 5.41) is 3.35. The van der Waals surface area contributed by atoms with Crippen LogP contribution in [0.1, 0.15) is 12.5 Å². The normalized spacial score (nSPS) is 10.2. The third-order valence-electron chi connectivity index (χ3n) is 2.88. The van der Waals surface area contributed by atoms with Crippen LogP contribution in [0.2, 0.25) is 0 Å². The second-order valence-corrected chi connectivity index (χ2v) is 5.59. The molecule has 0 aliphatic rings. The van der Waals surface area contributed by atoms with E-state index in [0.717, 1.165) is 28.2 Å². The van der Waals surface area contributed by atoms with Gasteiger partial charge < -0.3 is 14.8 Å². The number of halogens is 1. The highest BCUT2D eigenvalue weighted by atomic mass is 79.9. The van der Waals surface area contributed by atoms with Crippen molar-refractivity contribution in [3.05, 3.63) is 52.5 Å². The van der Waals surface area contributed by atoms with Crippen molar-refractivity contribution in [3.8, 4) is 11.5 Å². The molecule has 0 radical (unpaired) electrons. The topological polar surface area (TPSA) is 30.5 Å². The Bertz CT molecular complexity index is 567. The number of hydrogen-bond acceptors (Lipinski definition) is 3. The van der Waals surface area contributed by atoms with E-state index in [1.807, 2.05) is 31.2 Å². The van der Waals surface area contributed by atoms with Gasteiger partial charge in [-0.1, -0.05) is 28.1 Å². The Kier molecular flexibility index (Phi) is 5.93. The van der Waals surface area contributed by atoms with E-state index in [4.69, 9.17) is 9.47 Å². The molecule has 0 unspecified atom stereocenters. The Morgan fingerprint density at radius 2 is 1.76 bits per heavy atom. The fourth-order valence-electron chi connectivity index (χ4n) is 2.04. The Labute approximate surface area is 134 Å². The second kappa shape index (κ2) is 7.93. The molecule has 0 heterocycles. The molecule has 1 N–H and O–H groups in total. The number of rotatable bonds is 7. The van der Waals surface area contributed by atoms with E-state index in [0.29, 0.717) is 13.2 Å². The molecule has 0 aliphatic heterocycles. The largest absolute Gasteiger partial charge is 0.490 e. The van der Waals surface area contributed by atoms with Crippen LogP contribution in [-0.4, -0.2) is 19.8 Å². The molecule has 0 atom stereocenters. The van der Waals surface area contributed by atoms with E-state index in [1.165, 1.54) is 5.56 Å². The summed E-state index contributed by atoms with van der Waals surface area (Å²) in [7, 11) is 0. The van der Waals surface area contributed by atoms with E-state index in [2.05, 4.69) is 46.4 Å².